The van der Waals surface area contributed by atoms with Gasteiger partial charge in [-0.2, -0.15) is 0 Å². The van der Waals surface area contributed by atoms with Gasteiger partial charge in [0.2, 0.25) is 11.8 Å². The summed E-state index contributed by atoms with van der Waals surface area (Å²) in [5.74, 6) is -0.329. The first-order valence-corrected chi connectivity index (χ1v) is 10.9. The van der Waals surface area contributed by atoms with E-state index in [1.54, 1.807) is 34.1 Å². The summed E-state index contributed by atoms with van der Waals surface area (Å²) in [5.41, 5.74) is 0.865. The molecule has 2 aromatic rings. The molecule has 2 heterocycles. The van der Waals surface area contributed by atoms with E-state index in [2.05, 4.69) is 0 Å². The van der Waals surface area contributed by atoms with Crippen molar-refractivity contribution in [1.29, 1.82) is 0 Å². The van der Waals surface area contributed by atoms with Crippen LogP contribution in [0.25, 0.3) is 0 Å². The van der Waals surface area contributed by atoms with Gasteiger partial charge in [-0.3, -0.25) is 9.59 Å². The van der Waals surface area contributed by atoms with E-state index in [0.717, 1.165) is 11.1 Å². The zero-order valence-corrected chi connectivity index (χ0v) is 18.1. The molecule has 0 aromatic heterocycles. The molecule has 0 aliphatic carbocycles. The zero-order valence-electron chi connectivity index (χ0n) is 16.6. The minimum absolute atomic E-state index is 0.000104. The molecule has 4 rings (SSSR count). The van der Waals surface area contributed by atoms with Crippen LogP contribution >= 0.6 is 23.2 Å². The molecular formula is C23H24Cl2N2O3. The Morgan fingerprint density at radius 1 is 1.00 bits per heavy atom. The first-order chi connectivity index (χ1) is 14.3. The number of aliphatic hydroxyl groups is 1. The Balaban J connectivity index is 1.34. The summed E-state index contributed by atoms with van der Waals surface area (Å²) in [6.45, 7) is 1.86. The number of carbonyl (C=O) groups is 2. The molecule has 2 fully saturated rings. The van der Waals surface area contributed by atoms with Gasteiger partial charge in [-0.1, -0.05) is 47.5 Å². The summed E-state index contributed by atoms with van der Waals surface area (Å²) in [6, 6.07) is 14.6. The number of carbonyl (C=O) groups excluding carboxylic acids is 2. The summed E-state index contributed by atoms with van der Waals surface area (Å²) >= 11 is 11.9. The summed E-state index contributed by atoms with van der Waals surface area (Å²) in [7, 11) is 0. The van der Waals surface area contributed by atoms with E-state index in [0.29, 0.717) is 49.1 Å². The van der Waals surface area contributed by atoms with Crippen molar-refractivity contribution in [3.63, 3.8) is 0 Å². The standard InChI is InChI=1S/C23H24Cl2N2O3/c24-19-5-1-16(2-6-19)14-27-15-17(13-21(27)28)22(29)26-11-9-23(30,10-12-26)18-3-7-20(25)8-4-18/h1-8,17,30H,9-15H2/t17-/m0/s1. The molecule has 0 radical (unpaired) electrons. The van der Waals surface area contributed by atoms with Crippen LogP contribution in [0.5, 0.6) is 0 Å². The molecule has 0 saturated carbocycles. The van der Waals surface area contributed by atoms with Crippen molar-refractivity contribution in [2.75, 3.05) is 19.6 Å². The largest absolute Gasteiger partial charge is 0.385 e. The fourth-order valence-corrected chi connectivity index (χ4v) is 4.56. The summed E-state index contributed by atoms with van der Waals surface area (Å²) in [5, 5.41) is 12.3. The molecule has 2 amide bonds. The average Bonchev–Trinajstić information content (AvgIpc) is 3.10. The lowest BCUT2D eigenvalue weighted by molar-refractivity contribution is -0.140. The Kier molecular flexibility index (Phi) is 6.05. The topological polar surface area (TPSA) is 60.9 Å². The van der Waals surface area contributed by atoms with Gasteiger partial charge in [-0.25, -0.2) is 0 Å². The second kappa shape index (κ2) is 8.58. The quantitative estimate of drug-likeness (QED) is 0.775. The van der Waals surface area contributed by atoms with Crippen LogP contribution < -0.4 is 0 Å². The van der Waals surface area contributed by atoms with E-state index in [4.69, 9.17) is 23.2 Å². The number of amides is 2. The molecule has 2 aliphatic rings. The maximum Gasteiger partial charge on any atom is 0.227 e. The molecule has 158 valence electrons. The van der Waals surface area contributed by atoms with Crippen LogP contribution in [0.3, 0.4) is 0 Å². The molecule has 2 aromatic carbocycles. The van der Waals surface area contributed by atoms with E-state index in [1.165, 1.54) is 0 Å². The highest BCUT2D eigenvalue weighted by atomic mass is 35.5. The van der Waals surface area contributed by atoms with E-state index >= 15 is 0 Å². The van der Waals surface area contributed by atoms with Crippen LogP contribution in [0.1, 0.15) is 30.4 Å². The van der Waals surface area contributed by atoms with Crippen LogP contribution in [-0.2, 0) is 21.7 Å². The summed E-state index contributed by atoms with van der Waals surface area (Å²) in [4.78, 5) is 29.0. The van der Waals surface area contributed by atoms with Gasteiger partial charge in [0.15, 0.2) is 0 Å². The minimum atomic E-state index is -0.951. The van der Waals surface area contributed by atoms with Crippen LogP contribution in [0.2, 0.25) is 10.0 Å². The molecule has 1 N–H and O–H groups in total. The number of nitrogens with zero attached hydrogens (tertiary/aromatic N) is 2. The van der Waals surface area contributed by atoms with Gasteiger partial charge >= 0.3 is 0 Å². The van der Waals surface area contributed by atoms with E-state index in [1.807, 2.05) is 24.3 Å². The number of piperidine rings is 1. The molecular weight excluding hydrogens is 423 g/mol. The van der Waals surface area contributed by atoms with Crippen molar-refractivity contribution in [1.82, 2.24) is 9.80 Å². The van der Waals surface area contributed by atoms with Gasteiger partial charge in [-0.15, -0.1) is 0 Å². The highest BCUT2D eigenvalue weighted by Crippen LogP contribution is 2.34. The normalized spacial score (nSPS) is 21.2. The molecule has 2 aliphatic heterocycles. The summed E-state index contributed by atoms with van der Waals surface area (Å²) < 4.78 is 0. The third-order valence-electron chi connectivity index (χ3n) is 6.13. The Hall–Kier alpha value is -2.08. The minimum Gasteiger partial charge on any atom is -0.385 e. The maximum atomic E-state index is 13.0. The first kappa shape index (κ1) is 21.2. The van der Waals surface area contributed by atoms with E-state index in [-0.39, 0.29) is 24.2 Å². The Bertz CT molecular complexity index is 922. The second-order valence-corrected chi connectivity index (χ2v) is 9.04. The highest BCUT2D eigenvalue weighted by molar-refractivity contribution is 6.30. The summed E-state index contributed by atoms with van der Waals surface area (Å²) in [6.07, 6.45) is 1.18. The van der Waals surface area contributed by atoms with Crippen molar-refractivity contribution in [2.24, 2.45) is 5.92 Å². The lowest BCUT2D eigenvalue weighted by atomic mass is 9.84. The van der Waals surface area contributed by atoms with Crippen molar-refractivity contribution in [3.05, 3.63) is 69.7 Å². The molecule has 7 heteroatoms. The van der Waals surface area contributed by atoms with Gasteiger partial charge in [0.1, 0.15) is 0 Å². The molecule has 2 saturated heterocycles. The number of halogens is 2. The van der Waals surface area contributed by atoms with Gasteiger partial charge < -0.3 is 14.9 Å². The highest BCUT2D eigenvalue weighted by Gasteiger charge is 2.40. The molecule has 1 atom stereocenters. The Morgan fingerprint density at radius 3 is 2.17 bits per heavy atom. The lowest BCUT2D eigenvalue weighted by Crippen LogP contribution is -2.47. The van der Waals surface area contributed by atoms with Crippen LogP contribution in [0.4, 0.5) is 0 Å². The average molecular weight is 447 g/mol. The van der Waals surface area contributed by atoms with Crippen molar-refractivity contribution < 1.29 is 14.7 Å². The monoisotopic (exact) mass is 446 g/mol. The van der Waals surface area contributed by atoms with Crippen molar-refractivity contribution >= 4 is 35.0 Å². The molecule has 0 spiro atoms. The van der Waals surface area contributed by atoms with E-state index in [9.17, 15) is 14.7 Å². The number of likely N-dealkylation sites (tertiary alicyclic amines) is 2. The first-order valence-electron chi connectivity index (χ1n) is 10.1. The smallest absolute Gasteiger partial charge is 0.227 e. The third-order valence-corrected chi connectivity index (χ3v) is 6.64. The van der Waals surface area contributed by atoms with Crippen LogP contribution in [-0.4, -0.2) is 46.4 Å². The number of hydrogen-bond donors (Lipinski definition) is 1. The van der Waals surface area contributed by atoms with Gasteiger partial charge in [0.05, 0.1) is 11.5 Å². The maximum absolute atomic E-state index is 13.0. The SMILES string of the molecule is O=C1C[C@H](C(=O)N2CCC(O)(c3ccc(Cl)cc3)CC2)CN1Cc1ccc(Cl)cc1. The third kappa shape index (κ3) is 4.48. The van der Waals surface area contributed by atoms with E-state index < -0.39 is 5.60 Å². The number of rotatable bonds is 4. The predicted octanol–water partition coefficient (Wildman–Crippen LogP) is 3.85. The second-order valence-electron chi connectivity index (χ2n) is 8.17. The van der Waals surface area contributed by atoms with Gasteiger partial charge in [0, 0.05) is 42.6 Å². The molecule has 0 unspecified atom stereocenters. The predicted molar refractivity (Wildman–Crippen MR) is 116 cm³/mol. The fraction of sp³-hybridized carbons (Fsp3) is 0.391. The van der Waals surface area contributed by atoms with Crippen LogP contribution in [0.15, 0.2) is 48.5 Å². The molecule has 5 nitrogen and oxygen atoms in total. The van der Waals surface area contributed by atoms with Crippen molar-refractivity contribution in [2.45, 2.75) is 31.4 Å². The Labute approximate surface area is 186 Å². The van der Waals surface area contributed by atoms with Gasteiger partial charge in [-0.05, 0) is 48.2 Å². The zero-order chi connectivity index (χ0) is 21.3. The Morgan fingerprint density at radius 2 is 1.57 bits per heavy atom. The molecule has 30 heavy (non-hydrogen) atoms. The number of benzene rings is 2. The lowest BCUT2D eigenvalue weighted by Gasteiger charge is -2.39. The fourth-order valence-electron chi connectivity index (χ4n) is 4.30. The van der Waals surface area contributed by atoms with Crippen molar-refractivity contribution in [3.8, 4) is 0 Å². The molecule has 0 bridgehead atoms. The van der Waals surface area contributed by atoms with Gasteiger partial charge in [0.25, 0.3) is 0 Å². The van der Waals surface area contributed by atoms with Crippen LogP contribution in [0, 0.1) is 5.92 Å². The number of hydrogen-bond acceptors (Lipinski definition) is 3.